The minimum absolute atomic E-state index is 0.00332. The van der Waals surface area contributed by atoms with Gasteiger partial charge in [0.25, 0.3) is 0 Å². The molecule has 4 N–H and O–H groups in total. The van der Waals surface area contributed by atoms with E-state index in [-0.39, 0.29) is 12.8 Å². The van der Waals surface area contributed by atoms with Gasteiger partial charge in [-0.3, -0.25) is 14.1 Å². The van der Waals surface area contributed by atoms with Crippen LogP contribution in [0.1, 0.15) is 155 Å². The fraction of sp³-hybridized carbons (Fsp3) is 0.707. The molecule has 11 heteroatoms. The van der Waals surface area contributed by atoms with Gasteiger partial charge in [0.15, 0.2) is 6.10 Å². The second kappa shape index (κ2) is 35.7. The van der Waals surface area contributed by atoms with Gasteiger partial charge in [0, 0.05) is 12.8 Å². The molecule has 0 spiro atoms. The monoisotopic (exact) mass is 754 g/mol. The van der Waals surface area contributed by atoms with Gasteiger partial charge in [-0.15, -0.1) is 0 Å². The van der Waals surface area contributed by atoms with Gasteiger partial charge in [0.1, 0.15) is 6.61 Å². The molecule has 0 unspecified atom stereocenters. The highest BCUT2D eigenvalue weighted by Crippen LogP contribution is 2.36. The maximum Gasteiger partial charge on any atom is 0.469 e. The fourth-order valence-corrected chi connectivity index (χ4v) is 5.51. The minimum Gasteiger partial charge on any atom is -0.462 e. The third-order valence-corrected chi connectivity index (χ3v) is 8.68. The van der Waals surface area contributed by atoms with Crippen LogP contribution < -0.4 is 0 Å². The maximum absolute atomic E-state index is 12.4. The smallest absolute Gasteiger partial charge is 0.462 e. The van der Waals surface area contributed by atoms with Gasteiger partial charge in [-0.1, -0.05) is 139 Å². The third-order valence-electron chi connectivity index (χ3n) is 8.20. The summed E-state index contributed by atoms with van der Waals surface area (Å²) < 4.78 is 26.2. The zero-order valence-corrected chi connectivity index (χ0v) is 33.1. The summed E-state index contributed by atoms with van der Waals surface area (Å²) in [6.07, 6.45) is 37.1. The number of unbranched alkanes of at least 4 members (excludes halogenated alkanes) is 14. The molecule has 0 heterocycles. The van der Waals surface area contributed by atoms with Crippen LogP contribution in [0, 0.1) is 0 Å². The lowest BCUT2D eigenvalue weighted by atomic mass is 10.1. The summed E-state index contributed by atoms with van der Waals surface area (Å²) in [5, 5.41) is 20.1. The lowest BCUT2D eigenvalue weighted by molar-refractivity contribution is -0.161. The van der Waals surface area contributed by atoms with Crippen molar-refractivity contribution in [3.05, 3.63) is 60.8 Å². The Balaban J connectivity index is 4.24. The summed E-state index contributed by atoms with van der Waals surface area (Å²) in [7, 11) is -4.81. The third kappa shape index (κ3) is 37.4. The second-order valence-electron chi connectivity index (χ2n) is 13.3. The van der Waals surface area contributed by atoms with E-state index in [2.05, 4.69) is 36.6 Å². The van der Waals surface area contributed by atoms with Gasteiger partial charge in [-0.25, -0.2) is 4.57 Å². The highest BCUT2D eigenvalue weighted by Gasteiger charge is 2.23. The first-order valence-corrected chi connectivity index (χ1v) is 21.3. The Morgan fingerprint density at radius 3 is 1.71 bits per heavy atom. The van der Waals surface area contributed by atoms with E-state index in [4.69, 9.17) is 19.3 Å². The van der Waals surface area contributed by atoms with Crippen LogP contribution in [0.15, 0.2) is 60.8 Å². The predicted octanol–water partition coefficient (Wildman–Crippen LogP) is 9.68. The van der Waals surface area contributed by atoms with Crippen molar-refractivity contribution in [2.75, 3.05) is 13.2 Å². The van der Waals surface area contributed by atoms with Gasteiger partial charge in [-0.2, -0.15) is 0 Å². The number of carbonyl (C=O) groups is 2. The Bertz CT molecular complexity index is 1060. The van der Waals surface area contributed by atoms with E-state index in [1.165, 1.54) is 57.8 Å². The summed E-state index contributed by atoms with van der Waals surface area (Å²) in [5.41, 5.74) is 0. The van der Waals surface area contributed by atoms with Crippen molar-refractivity contribution < 1.29 is 48.2 Å². The molecule has 0 aliphatic rings. The first kappa shape index (κ1) is 49.7. The van der Waals surface area contributed by atoms with Crippen LogP contribution in [0.2, 0.25) is 0 Å². The molecular formula is C41H71O10P. The van der Waals surface area contributed by atoms with E-state index in [0.29, 0.717) is 25.7 Å². The van der Waals surface area contributed by atoms with E-state index < -0.39 is 51.3 Å². The van der Waals surface area contributed by atoms with E-state index in [9.17, 15) is 24.4 Å². The zero-order chi connectivity index (χ0) is 38.5. The predicted molar refractivity (Wildman–Crippen MR) is 209 cm³/mol. The number of aliphatic hydroxyl groups is 2. The molecule has 0 aromatic heterocycles. The molecule has 0 saturated heterocycles. The zero-order valence-electron chi connectivity index (χ0n) is 32.2. The van der Waals surface area contributed by atoms with Gasteiger partial charge >= 0.3 is 19.8 Å². The van der Waals surface area contributed by atoms with Crippen LogP contribution in [0.5, 0.6) is 0 Å². The average molecular weight is 755 g/mol. The Morgan fingerprint density at radius 1 is 0.596 bits per heavy atom. The van der Waals surface area contributed by atoms with Crippen molar-refractivity contribution in [3.8, 4) is 0 Å². The maximum atomic E-state index is 12.4. The summed E-state index contributed by atoms with van der Waals surface area (Å²) in [6, 6.07) is 0. The molecule has 0 bridgehead atoms. The number of carbonyl (C=O) groups excluding carboxylic acids is 2. The van der Waals surface area contributed by atoms with Crippen LogP contribution in [-0.2, 0) is 28.2 Å². The lowest BCUT2D eigenvalue weighted by Gasteiger charge is -2.18. The molecule has 0 saturated carbocycles. The number of allylic oxidation sites excluding steroid dienone is 7. The van der Waals surface area contributed by atoms with E-state index in [1.54, 1.807) is 36.5 Å². The molecule has 0 aromatic rings. The number of hydrogen-bond acceptors (Lipinski definition) is 8. The summed E-state index contributed by atoms with van der Waals surface area (Å²) >= 11 is 0. The van der Waals surface area contributed by atoms with Crippen LogP contribution in [0.25, 0.3) is 0 Å². The van der Waals surface area contributed by atoms with Crippen molar-refractivity contribution in [1.82, 2.24) is 0 Å². The SMILES string of the molecule is CCCCC/C=C\C[C@@H](O)/C=C/C=C/C=C\[C@@H](O)CCCC(=O)OC[C@H](COP(=O)(O)O)OC(=O)CCCCCCC/C=C\CCCCCCCC. The van der Waals surface area contributed by atoms with Gasteiger partial charge < -0.3 is 29.5 Å². The van der Waals surface area contributed by atoms with Crippen LogP contribution in [0.3, 0.4) is 0 Å². The van der Waals surface area contributed by atoms with Crippen molar-refractivity contribution in [2.45, 2.75) is 173 Å². The topological polar surface area (TPSA) is 160 Å². The van der Waals surface area contributed by atoms with Crippen LogP contribution in [-0.4, -0.2) is 63.5 Å². The van der Waals surface area contributed by atoms with Gasteiger partial charge in [0.2, 0.25) is 0 Å². The molecule has 0 fully saturated rings. The normalized spacial score (nSPS) is 14.3. The van der Waals surface area contributed by atoms with Gasteiger partial charge in [0.05, 0.1) is 18.8 Å². The number of phosphoric ester groups is 1. The number of esters is 2. The molecule has 0 aliphatic heterocycles. The van der Waals surface area contributed by atoms with E-state index in [0.717, 1.165) is 44.9 Å². The minimum atomic E-state index is -4.81. The number of hydrogen-bond donors (Lipinski definition) is 4. The summed E-state index contributed by atoms with van der Waals surface area (Å²) in [6.45, 7) is 3.39. The fourth-order valence-electron chi connectivity index (χ4n) is 5.15. The molecule has 0 rings (SSSR count). The summed E-state index contributed by atoms with van der Waals surface area (Å²) in [5.74, 6) is -1.14. The second-order valence-corrected chi connectivity index (χ2v) is 14.5. The van der Waals surface area contributed by atoms with Crippen LogP contribution >= 0.6 is 7.82 Å². The highest BCUT2D eigenvalue weighted by molar-refractivity contribution is 7.46. The standard InChI is InChI=1S/C41H71O10P/c1-3-5-7-9-11-12-13-14-15-16-17-18-19-21-27-33-41(45)51-39(36-50-52(46,47)48)35-49-40(44)34-28-32-38(43)31-26-23-22-25-30-37(42)29-24-20-10-8-6-4-2/h14-15,20,22-26,30-31,37-39,42-43H,3-13,16-19,21,27-29,32-36H2,1-2H3,(H2,46,47,48)/b15-14-,23-22+,24-20-,30-25+,31-26-/t37-,38-,39-/m1/s1. The van der Waals surface area contributed by atoms with E-state index in [1.807, 2.05) is 6.08 Å². The lowest BCUT2D eigenvalue weighted by Crippen LogP contribution is -2.29. The van der Waals surface area contributed by atoms with E-state index >= 15 is 0 Å². The van der Waals surface area contributed by atoms with Crippen molar-refractivity contribution >= 4 is 19.8 Å². The summed E-state index contributed by atoms with van der Waals surface area (Å²) in [4.78, 5) is 42.8. The Kier molecular flexibility index (Phi) is 34.1. The molecule has 0 aliphatic carbocycles. The molecule has 300 valence electrons. The Labute approximate surface area is 314 Å². The Morgan fingerprint density at radius 2 is 1.10 bits per heavy atom. The quantitative estimate of drug-likeness (QED) is 0.0161. The van der Waals surface area contributed by atoms with Crippen molar-refractivity contribution in [2.24, 2.45) is 0 Å². The molecule has 3 atom stereocenters. The van der Waals surface area contributed by atoms with Crippen molar-refractivity contribution in [1.29, 1.82) is 0 Å². The molecule has 0 aromatic carbocycles. The molecule has 52 heavy (non-hydrogen) atoms. The molecule has 10 nitrogen and oxygen atoms in total. The average Bonchev–Trinajstić information content (AvgIpc) is 3.10. The Hall–Kier alpha value is -2.33. The van der Waals surface area contributed by atoms with Crippen LogP contribution in [0.4, 0.5) is 0 Å². The molecule has 0 amide bonds. The largest absolute Gasteiger partial charge is 0.469 e. The molecule has 0 radical (unpaired) electrons. The molecular weight excluding hydrogens is 683 g/mol. The van der Waals surface area contributed by atoms with Gasteiger partial charge in [-0.05, 0) is 64.2 Å². The highest BCUT2D eigenvalue weighted by atomic mass is 31.2. The number of phosphoric acid groups is 1. The number of ether oxygens (including phenoxy) is 2. The first-order valence-electron chi connectivity index (χ1n) is 19.8. The number of rotatable bonds is 35. The first-order chi connectivity index (χ1) is 25.1. The van der Waals surface area contributed by atoms with Crippen molar-refractivity contribution in [3.63, 3.8) is 0 Å². The number of aliphatic hydroxyl groups excluding tert-OH is 2.